The van der Waals surface area contributed by atoms with Crippen molar-refractivity contribution in [1.82, 2.24) is 40.4 Å². The molecule has 0 bridgehead atoms. The first-order chi connectivity index (χ1) is 30.7. The number of imidazole rings is 2. The lowest BCUT2D eigenvalue weighted by molar-refractivity contribution is -0.136. The molecule has 2 aliphatic heterocycles. The zero-order valence-electron chi connectivity index (χ0n) is 36.9. The Morgan fingerprint density at radius 2 is 1.22 bits per heavy atom. The number of aromatic nitrogens is 4. The predicted octanol–water partition coefficient (Wildman–Crippen LogP) is 7.85. The molecule has 2 aromatic heterocycles. The molecule has 5 aromatic rings. The minimum absolute atomic E-state index is 0.130. The number of alkyl carbamates (subject to hydrolysis) is 2. The van der Waals surface area contributed by atoms with Gasteiger partial charge in [0.05, 0.1) is 50.0 Å². The SMILES string of the molecule is C=C1[C@H](C#N)CN(C(=O)[C@@H](NC(=O)OC)C(C)C)[C@@H]1c1ncc(-c2ccc(-c3ccc4cc(-c5cnc([C@@H]6C(=C)C7(CC7)CN6C(=O)[C@@H](NC(=O)OC)C(C)C)[nH]5)ccc4c3)cc2)[nH]1. The van der Waals surface area contributed by atoms with Crippen LogP contribution in [0.25, 0.3) is 44.4 Å². The maximum Gasteiger partial charge on any atom is 0.407 e. The van der Waals surface area contributed by atoms with Crippen LogP contribution in [0.5, 0.6) is 0 Å². The highest BCUT2D eigenvalue weighted by Gasteiger charge is 2.58. The van der Waals surface area contributed by atoms with Gasteiger partial charge in [-0.1, -0.05) is 89.4 Å². The Kier molecular flexibility index (Phi) is 11.6. The number of carbonyl (C=O) groups excluding carboxylic acids is 4. The lowest BCUT2D eigenvalue weighted by atomic mass is 9.96. The van der Waals surface area contributed by atoms with Crippen LogP contribution in [0.15, 0.2) is 97.4 Å². The summed E-state index contributed by atoms with van der Waals surface area (Å²) in [6.07, 6.45) is 4.07. The molecule has 15 nitrogen and oxygen atoms in total. The van der Waals surface area contributed by atoms with Crippen LogP contribution in [0.2, 0.25) is 0 Å². The largest absolute Gasteiger partial charge is 0.453 e. The lowest BCUT2D eigenvalue weighted by Crippen LogP contribution is -2.51. The van der Waals surface area contributed by atoms with Crippen LogP contribution in [-0.2, 0) is 19.1 Å². The second-order valence-corrected chi connectivity index (χ2v) is 17.8. The fourth-order valence-corrected chi connectivity index (χ4v) is 9.06. The summed E-state index contributed by atoms with van der Waals surface area (Å²) >= 11 is 0. The number of methoxy groups -OCH3 is 2. The summed E-state index contributed by atoms with van der Waals surface area (Å²) in [6, 6.07) is 20.2. The number of carbonyl (C=O) groups is 4. The van der Waals surface area contributed by atoms with Crippen LogP contribution in [0, 0.1) is 34.5 Å². The molecule has 0 radical (unpaired) electrons. The van der Waals surface area contributed by atoms with E-state index in [1.165, 1.54) is 14.2 Å². The Morgan fingerprint density at radius 1 is 0.734 bits per heavy atom. The van der Waals surface area contributed by atoms with E-state index in [0.717, 1.165) is 62.8 Å². The fraction of sp³-hybridized carbons (Fsp3) is 0.367. The molecular formula is C49H53N9O6. The highest BCUT2D eigenvalue weighted by Crippen LogP contribution is 2.61. The van der Waals surface area contributed by atoms with Crippen LogP contribution in [0.1, 0.15) is 64.3 Å². The van der Waals surface area contributed by atoms with Crippen LogP contribution >= 0.6 is 0 Å². The van der Waals surface area contributed by atoms with Gasteiger partial charge in [-0.25, -0.2) is 19.6 Å². The third-order valence-electron chi connectivity index (χ3n) is 13.0. The van der Waals surface area contributed by atoms with Gasteiger partial charge in [0.2, 0.25) is 11.8 Å². The molecule has 64 heavy (non-hydrogen) atoms. The summed E-state index contributed by atoms with van der Waals surface area (Å²) < 4.78 is 9.58. The van der Waals surface area contributed by atoms with E-state index in [0.29, 0.717) is 23.8 Å². The number of nitriles is 1. The molecule has 330 valence electrons. The van der Waals surface area contributed by atoms with Gasteiger partial charge in [0, 0.05) is 24.1 Å². The van der Waals surface area contributed by atoms with E-state index >= 15 is 0 Å². The van der Waals surface area contributed by atoms with Crippen molar-refractivity contribution in [3.8, 4) is 39.7 Å². The molecule has 1 saturated carbocycles. The molecule has 1 aliphatic carbocycles. The third kappa shape index (κ3) is 8.00. The van der Waals surface area contributed by atoms with Gasteiger partial charge in [-0.3, -0.25) is 9.59 Å². The van der Waals surface area contributed by atoms with Crippen molar-refractivity contribution < 1.29 is 28.7 Å². The van der Waals surface area contributed by atoms with Gasteiger partial charge in [-0.2, -0.15) is 5.26 Å². The number of ether oxygens (including phenoxy) is 2. The molecule has 8 rings (SSSR count). The standard InChI is InChI=1S/C49H53N9O6/c1-26(2)39(55-47(61)63-7)45(59)57-24-36(21-50)28(5)41(57)43-51-22-37(53-43)31-11-9-30(10-12-31)32-13-14-34-20-35(16-15-33(34)19-32)38-23-52-44(54-38)42-29(6)49(17-18-49)25-58(42)46(60)40(27(3)4)56-48(62)64-8/h9-16,19-20,22-23,26-27,36,39-42H,5-6,17-18,24-25H2,1-4,7-8H3,(H,51,53)(H,52,54)(H,55,61)(H,56,62)/t36-,39+,40+,41+,42+/m1/s1. The molecule has 3 fully saturated rings. The number of fused-ring (bicyclic) bond motifs is 1. The molecule has 1 spiro atoms. The third-order valence-corrected chi connectivity index (χ3v) is 13.0. The van der Waals surface area contributed by atoms with Gasteiger partial charge >= 0.3 is 12.2 Å². The van der Waals surface area contributed by atoms with Crippen molar-refractivity contribution in [2.75, 3.05) is 27.3 Å². The van der Waals surface area contributed by atoms with Crippen molar-refractivity contribution in [2.24, 2.45) is 23.2 Å². The number of nitrogens with one attached hydrogen (secondary N) is 4. The fourth-order valence-electron chi connectivity index (χ4n) is 9.06. The first kappa shape index (κ1) is 43.4. The molecule has 5 atom stereocenters. The summed E-state index contributed by atoms with van der Waals surface area (Å²) in [5.41, 5.74) is 6.85. The molecule has 3 aromatic carbocycles. The van der Waals surface area contributed by atoms with E-state index in [1.54, 1.807) is 17.3 Å². The summed E-state index contributed by atoms with van der Waals surface area (Å²) in [4.78, 5) is 71.8. The molecule has 2 saturated heterocycles. The minimum Gasteiger partial charge on any atom is -0.453 e. The maximum absolute atomic E-state index is 14.0. The van der Waals surface area contributed by atoms with Crippen molar-refractivity contribution in [3.63, 3.8) is 0 Å². The average Bonchev–Trinajstić information content (AvgIpc) is 3.61. The second kappa shape index (κ2) is 17.2. The molecule has 4 amide bonds. The number of aromatic amines is 2. The topological polar surface area (TPSA) is 198 Å². The Hall–Kier alpha value is -7.21. The van der Waals surface area contributed by atoms with Gasteiger partial charge in [-0.05, 0) is 75.4 Å². The number of hydrogen-bond donors (Lipinski definition) is 4. The highest BCUT2D eigenvalue weighted by molar-refractivity contribution is 5.91. The number of hydrogen-bond acceptors (Lipinski definition) is 9. The van der Waals surface area contributed by atoms with Crippen molar-refractivity contribution in [2.45, 2.75) is 64.7 Å². The van der Waals surface area contributed by atoms with Crippen LogP contribution in [-0.4, -0.2) is 93.1 Å². The van der Waals surface area contributed by atoms with Gasteiger partial charge in [0.1, 0.15) is 35.8 Å². The van der Waals surface area contributed by atoms with Gasteiger partial charge in [0.25, 0.3) is 0 Å². The monoisotopic (exact) mass is 863 g/mol. The maximum atomic E-state index is 14.0. The number of H-pyrrole nitrogens is 2. The predicted molar refractivity (Wildman–Crippen MR) is 241 cm³/mol. The smallest absolute Gasteiger partial charge is 0.407 e. The van der Waals surface area contributed by atoms with E-state index in [4.69, 9.17) is 14.5 Å². The number of nitrogens with zero attached hydrogens (tertiary/aromatic N) is 5. The Morgan fingerprint density at radius 3 is 1.75 bits per heavy atom. The van der Waals surface area contributed by atoms with Gasteiger partial charge < -0.3 is 39.9 Å². The van der Waals surface area contributed by atoms with Crippen molar-refractivity contribution >= 4 is 34.8 Å². The summed E-state index contributed by atoms with van der Waals surface area (Å²) in [6.45, 7) is 16.8. The summed E-state index contributed by atoms with van der Waals surface area (Å²) in [5, 5.41) is 17.4. The summed E-state index contributed by atoms with van der Waals surface area (Å²) in [5.74, 6) is -0.397. The first-order valence-corrected chi connectivity index (χ1v) is 21.5. The number of amides is 4. The van der Waals surface area contributed by atoms with Gasteiger partial charge in [-0.15, -0.1) is 0 Å². The average molecular weight is 864 g/mol. The second-order valence-electron chi connectivity index (χ2n) is 17.8. The van der Waals surface area contributed by atoms with Crippen LogP contribution < -0.4 is 10.6 Å². The zero-order valence-corrected chi connectivity index (χ0v) is 36.9. The number of benzene rings is 3. The quantitative estimate of drug-likeness (QED) is 0.0956. The normalized spacial score (nSPS) is 19.8. The first-order valence-electron chi connectivity index (χ1n) is 21.5. The van der Waals surface area contributed by atoms with E-state index in [2.05, 4.69) is 81.2 Å². The molecular weight excluding hydrogens is 811 g/mol. The van der Waals surface area contributed by atoms with Crippen molar-refractivity contribution in [1.29, 1.82) is 5.26 Å². The molecule has 4 N–H and O–H groups in total. The highest BCUT2D eigenvalue weighted by atomic mass is 16.5. The summed E-state index contributed by atoms with van der Waals surface area (Å²) in [7, 11) is 2.53. The lowest BCUT2D eigenvalue weighted by Gasteiger charge is -2.30. The van der Waals surface area contributed by atoms with E-state index in [9.17, 15) is 24.4 Å². The Labute approximate surface area is 371 Å². The minimum atomic E-state index is -0.864. The molecule has 4 heterocycles. The number of likely N-dealkylation sites (tertiary alicyclic amines) is 2. The van der Waals surface area contributed by atoms with E-state index in [1.807, 2.05) is 56.9 Å². The zero-order chi connectivity index (χ0) is 45.6. The molecule has 15 heteroatoms. The number of rotatable bonds is 11. The van der Waals surface area contributed by atoms with Crippen molar-refractivity contribution in [3.05, 3.63) is 109 Å². The molecule has 0 unspecified atom stereocenters. The molecule has 3 aliphatic rings. The Bertz CT molecular complexity index is 2710. The van der Waals surface area contributed by atoms with Crippen LogP contribution in [0.4, 0.5) is 9.59 Å². The Balaban J connectivity index is 0.984. The van der Waals surface area contributed by atoms with Gasteiger partial charge in [0.15, 0.2) is 0 Å². The van der Waals surface area contributed by atoms with E-state index in [-0.39, 0.29) is 35.6 Å². The van der Waals surface area contributed by atoms with Crippen LogP contribution in [0.3, 0.4) is 0 Å². The van der Waals surface area contributed by atoms with E-state index < -0.39 is 42.3 Å².